The summed E-state index contributed by atoms with van der Waals surface area (Å²) in [7, 11) is -3.89. The average Bonchev–Trinajstić information content (AvgIpc) is 3.00. The maximum atomic E-state index is 12.2. The van der Waals surface area contributed by atoms with Crippen LogP contribution in [-0.4, -0.2) is 37.6 Å². The minimum atomic E-state index is -3.89. The van der Waals surface area contributed by atoms with E-state index in [0.29, 0.717) is 23.3 Å². The first-order valence-electron chi connectivity index (χ1n) is 8.37. The Kier molecular flexibility index (Phi) is 5.71. The monoisotopic (exact) mass is 402 g/mol. The van der Waals surface area contributed by atoms with Gasteiger partial charge in [0.25, 0.3) is 5.91 Å². The summed E-state index contributed by atoms with van der Waals surface area (Å²) in [6.45, 7) is 1.72. The number of rotatable bonds is 7. The number of amides is 1. The van der Waals surface area contributed by atoms with Gasteiger partial charge in [-0.25, -0.2) is 13.1 Å². The number of fused-ring (bicyclic) bond motifs is 1. The lowest BCUT2D eigenvalue weighted by atomic mass is 10.2. The quantitative estimate of drug-likeness (QED) is 0.523. The number of carbonyl (C=O) groups excluding carboxylic acids is 1. The Hall–Kier alpha value is -3.24. The maximum absolute atomic E-state index is 12.2. The number of azo groups is 1. The molecule has 0 aliphatic carbocycles. The molecule has 146 valence electrons. The third kappa shape index (κ3) is 4.35. The van der Waals surface area contributed by atoms with Gasteiger partial charge in [0.05, 0.1) is 23.6 Å². The Morgan fingerprint density at radius 2 is 1.89 bits per heavy atom. The first-order chi connectivity index (χ1) is 13.4. The Morgan fingerprint density at radius 1 is 1.18 bits per heavy atom. The van der Waals surface area contributed by atoms with Crippen molar-refractivity contribution in [2.75, 3.05) is 13.2 Å². The number of ether oxygens (including phenoxy) is 1. The van der Waals surface area contributed by atoms with Gasteiger partial charge in [0.1, 0.15) is 5.75 Å². The van der Waals surface area contributed by atoms with E-state index in [0.717, 1.165) is 0 Å². The van der Waals surface area contributed by atoms with Gasteiger partial charge in [-0.15, -0.1) is 10.2 Å². The van der Waals surface area contributed by atoms with Gasteiger partial charge in [-0.2, -0.15) is 0 Å². The van der Waals surface area contributed by atoms with Crippen molar-refractivity contribution in [3.63, 3.8) is 0 Å². The van der Waals surface area contributed by atoms with E-state index >= 15 is 0 Å². The van der Waals surface area contributed by atoms with Gasteiger partial charge in [-0.1, -0.05) is 18.2 Å². The number of aromatic hydroxyl groups is 1. The molecule has 3 rings (SSSR count). The highest BCUT2D eigenvalue weighted by molar-refractivity contribution is 7.89. The van der Waals surface area contributed by atoms with E-state index in [1.54, 1.807) is 24.3 Å². The normalized spacial score (nSPS) is 11.9. The molecule has 0 saturated carbocycles. The van der Waals surface area contributed by atoms with Crippen LogP contribution in [0.25, 0.3) is 10.9 Å². The van der Waals surface area contributed by atoms with Crippen molar-refractivity contribution in [3.8, 4) is 11.6 Å². The van der Waals surface area contributed by atoms with E-state index in [9.17, 15) is 18.3 Å². The number of hydrogen-bond acceptors (Lipinski definition) is 6. The fourth-order valence-corrected chi connectivity index (χ4v) is 3.45. The third-order valence-electron chi connectivity index (χ3n) is 3.78. The molecule has 9 nitrogen and oxygen atoms in total. The summed E-state index contributed by atoms with van der Waals surface area (Å²) >= 11 is 0. The lowest BCUT2D eigenvalue weighted by Gasteiger charge is -2.06. The van der Waals surface area contributed by atoms with Crippen LogP contribution >= 0.6 is 0 Å². The smallest absolute Gasteiger partial charge is 0.279 e. The van der Waals surface area contributed by atoms with Crippen molar-refractivity contribution in [2.45, 2.75) is 11.8 Å². The van der Waals surface area contributed by atoms with Crippen LogP contribution in [0.3, 0.4) is 0 Å². The molecule has 0 saturated heterocycles. The summed E-state index contributed by atoms with van der Waals surface area (Å²) in [5.41, 5.74) is 0.746. The molecule has 0 radical (unpaired) electrons. The number of nitrogens with one attached hydrogen (secondary N) is 2. The topological polar surface area (TPSA) is 133 Å². The standard InChI is InChI=1S/C18H18N4O5S/c1-2-27-12-7-9-13(10-8-12)28(25,26)19-11-16(23)21-22-17-14-5-3-4-6-15(14)20-18(17)24/h3-10,19-20,24H,2,11H2,1H3. The van der Waals surface area contributed by atoms with Gasteiger partial charge >= 0.3 is 0 Å². The van der Waals surface area contributed by atoms with E-state index in [2.05, 4.69) is 19.9 Å². The van der Waals surface area contributed by atoms with Gasteiger partial charge in [0.2, 0.25) is 15.9 Å². The largest absolute Gasteiger partial charge is 0.494 e. The van der Waals surface area contributed by atoms with E-state index in [1.165, 1.54) is 24.3 Å². The van der Waals surface area contributed by atoms with Gasteiger partial charge in [-0.3, -0.25) is 4.79 Å². The maximum Gasteiger partial charge on any atom is 0.279 e. The first kappa shape index (κ1) is 19.5. The summed E-state index contributed by atoms with van der Waals surface area (Å²) in [6.07, 6.45) is 0. The zero-order valence-electron chi connectivity index (χ0n) is 14.9. The third-order valence-corrected chi connectivity index (χ3v) is 5.20. The van der Waals surface area contributed by atoms with Gasteiger partial charge in [-0.05, 0) is 37.3 Å². The van der Waals surface area contributed by atoms with Crippen LogP contribution in [0.1, 0.15) is 6.92 Å². The van der Waals surface area contributed by atoms with Gasteiger partial charge in [0, 0.05) is 5.39 Å². The number of para-hydroxylation sites is 1. The molecule has 0 fully saturated rings. The predicted octanol–water partition coefficient (Wildman–Crippen LogP) is 2.86. The molecule has 2 aromatic carbocycles. The number of sulfonamides is 1. The second-order valence-corrected chi connectivity index (χ2v) is 7.46. The number of hydrogen-bond donors (Lipinski definition) is 3. The molecule has 0 aliphatic heterocycles. The van der Waals surface area contributed by atoms with Crippen LogP contribution in [0, 0.1) is 0 Å². The molecule has 1 heterocycles. The van der Waals surface area contributed by atoms with Crippen molar-refractivity contribution >= 4 is 32.5 Å². The van der Waals surface area contributed by atoms with Crippen LogP contribution in [0.4, 0.5) is 5.69 Å². The van der Waals surface area contributed by atoms with E-state index in [-0.39, 0.29) is 16.5 Å². The minimum absolute atomic E-state index is 0.00466. The van der Waals surface area contributed by atoms with E-state index < -0.39 is 22.5 Å². The number of nitrogens with zero attached hydrogens (tertiary/aromatic N) is 2. The number of carbonyl (C=O) groups is 1. The SMILES string of the molecule is CCOc1ccc(S(=O)(=O)NCC(=O)N=Nc2c(O)[nH]c3ccccc23)cc1. The van der Waals surface area contributed by atoms with Gasteiger partial charge in [0.15, 0.2) is 5.69 Å². The Balaban J connectivity index is 1.66. The summed E-state index contributed by atoms with van der Waals surface area (Å²) in [6, 6.07) is 12.8. The molecule has 1 amide bonds. The van der Waals surface area contributed by atoms with Crippen molar-refractivity contribution in [2.24, 2.45) is 10.2 Å². The van der Waals surface area contributed by atoms with E-state index in [4.69, 9.17) is 4.74 Å². The molecule has 0 atom stereocenters. The average molecular weight is 402 g/mol. The molecular formula is C18H18N4O5S. The molecule has 0 aliphatic rings. The Labute approximate surface area is 161 Å². The number of H-pyrrole nitrogens is 1. The fraction of sp³-hybridized carbons (Fsp3) is 0.167. The second-order valence-electron chi connectivity index (χ2n) is 5.69. The summed E-state index contributed by atoms with van der Waals surface area (Å²) in [4.78, 5) is 14.6. The molecule has 3 N–H and O–H groups in total. The molecule has 1 aromatic heterocycles. The molecule has 0 unspecified atom stereocenters. The Morgan fingerprint density at radius 3 is 2.61 bits per heavy atom. The zero-order valence-corrected chi connectivity index (χ0v) is 15.7. The van der Waals surface area contributed by atoms with Crippen LogP contribution < -0.4 is 9.46 Å². The molecular weight excluding hydrogens is 384 g/mol. The van der Waals surface area contributed by atoms with E-state index in [1.807, 2.05) is 6.92 Å². The van der Waals surface area contributed by atoms with Crippen LogP contribution in [-0.2, 0) is 14.8 Å². The van der Waals surface area contributed by atoms with Crippen molar-refractivity contribution in [1.82, 2.24) is 9.71 Å². The summed E-state index contributed by atoms with van der Waals surface area (Å²) in [5, 5.41) is 17.7. The molecule has 28 heavy (non-hydrogen) atoms. The predicted molar refractivity (Wildman–Crippen MR) is 102 cm³/mol. The van der Waals surface area contributed by atoms with Crippen LogP contribution in [0.15, 0.2) is 63.7 Å². The molecule has 10 heteroatoms. The van der Waals surface area contributed by atoms with Crippen molar-refractivity contribution < 1.29 is 23.1 Å². The highest BCUT2D eigenvalue weighted by atomic mass is 32.2. The summed E-state index contributed by atoms with van der Waals surface area (Å²) in [5.74, 6) is -0.489. The summed E-state index contributed by atoms with van der Waals surface area (Å²) < 4.78 is 31.9. The Bertz CT molecular complexity index is 1120. The molecule has 0 spiro atoms. The molecule has 3 aromatic rings. The fourth-order valence-electron chi connectivity index (χ4n) is 2.48. The lowest BCUT2D eigenvalue weighted by molar-refractivity contribution is -0.117. The zero-order chi connectivity index (χ0) is 20.1. The lowest BCUT2D eigenvalue weighted by Crippen LogP contribution is -2.28. The molecule has 0 bridgehead atoms. The highest BCUT2D eigenvalue weighted by Crippen LogP contribution is 2.35. The number of aromatic amines is 1. The van der Waals surface area contributed by atoms with Crippen LogP contribution in [0.5, 0.6) is 11.6 Å². The van der Waals surface area contributed by atoms with Crippen molar-refractivity contribution in [3.05, 3.63) is 48.5 Å². The number of aromatic nitrogens is 1. The first-order valence-corrected chi connectivity index (χ1v) is 9.86. The number of benzene rings is 2. The van der Waals surface area contributed by atoms with Gasteiger partial charge < -0.3 is 14.8 Å². The minimum Gasteiger partial charge on any atom is -0.494 e. The highest BCUT2D eigenvalue weighted by Gasteiger charge is 2.16. The van der Waals surface area contributed by atoms with Crippen molar-refractivity contribution in [1.29, 1.82) is 0 Å². The van der Waals surface area contributed by atoms with Crippen LogP contribution in [0.2, 0.25) is 0 Å². The second kappa shape index (κ2) is 8.19.